The molecule has 19 heavy (non-hydrogen) atoms. The third-order valence-corrected chi connectivity index (χ3v) is 3.49. The van der Waals surface area contributed by atoms with Crippen molar-refractivity contribution in [1.82, 2.24) is 4.98 Å². The van der Waals surface area contributed by atoms with Gasteiger partial charge in [0.2, 0.25) is 0 Å². The number of aryl methyl sites for hydroxylation is 2. The van der Waals surface area contributed by atoms with E-state index >= 15 is 0 Å². The standard InChI is InChI=1S/C16H19ClN2/c1-4-14(13-7-5-11(2)6-8-13)19-15-9-12(3)10-18-16(15)17/h5-10,14,19H,4H2,1-3H3. The smallest absolute Gasteiger partial charge is 0.152 e. The SMILES string of the molecule is CCC(Nc1cc(C)cnc1Cl)c1ccc(C)cc1. The summed E-state index contributed by atoms with van der Waals surface area (Å²) in [6.45, 7) is 6.27. The fourth-order valence-corrected chi connectivity index (χ4v) is 2.22. The molecule has 0 amide bonds. The number of anilines is 1. The minimum absolute atomic E-state index is 0.252. The number of nitrogens with one attached hydrogen (secondary N) is 1. The molecule has 0 aliphatic heterocycles. The molecule has 0 saturated heterocycles. The number of rotatable bonds is 4. The summed E-state index contributed by atoms with van der Waals surface area (Å²) in [6, 6.07) is 10.9. The molecule has 0 bridgehead atoms. The van der Waals surface area contributed by atoms with Gasteiger partial charge in [-0.1, -0.05) is 48.4 Å². The molecular weight excluding hydrogens is 256 g/mol. The second kappa shape index (κ2) is 6.07. The molecule has 1 atom stereocenters. The van der Waals surface area contributed by atoms with Crippen LogP contribution in [0.5, 0.6) is 0 Å². The van der Waals surface area contributed by atoms with E-state index in [-0.39, 0.29) is 6.04 Å². The zero-order valence-corrected chi connectivity index (χ0v) is 12.3. The number of halogens is 1. The van der Waals surface area contributed by atoms with Crippen LogP contribution in [0.3, 0.4) is 0 Å². The van der Waals surface area contributed by atoms with E-state index in [0.29, 0.717) is 5.15 Å². The highest BCUT2D eigenvalue weighted by Crippen LogP contribution is 2.27. The first-order valence-electron chi connectivity index (χ1n) is 6.55. The first-order chi connectivity index (χ1) is 9.10. The Morgan fingerprint density at radius 3 is 2.47 bits per heavy atom. The fourth-order valence-electron chi connectivity index (χ4n) is 2.06. The van der Waals surface area contributed by atoms with Gasteiger partial charge in [-0.15, -0.1) is 0 Å². The van der Waals surface area contributed by atoms with Crippen molar-refractivity contribution in [2.24, 2.45) is 0 Å². The lowest BCUT2D eigenvalue weighted by Gasteiger charge is -2.19. The van der Waals surface area contributed by atoms with Crippen LogP contribution in [0.25, 0.3) is 0 Å². The highest BCUT2D eigenvalue weighted by Gasteiger charge is 2.11. The second-order valence-corrected chi connectivity index (χ2v) is 5.22. The summed E-state index contributed by atoms with van der Waals surface area (Å²) in [6.07, 6.45) is 2.77. The molecule has 0 aliphatic carbocycles. The van der Waals surface area contributed by atoms with Gasteiger partial charge in [-0.05, 0) is 37.5 Å². The van der Waals surface area contributed by atoms with E-state index in [1.165, 1.54) is 11.1 Å². The lowest BCUT2D eigenvalue weighted by Crippen LogP contribution is -2.10. The molecule has 1 heterocycles. The average Bonchev–Trinajstić information content (AvgIpc) is 2.41. The van der Waals surface area contributed by atoms with Gasteiger partial charge < -0.3 is 5.32 Å². The lowest BCUT2D eigenvalue weighted by atomic mass is 10.0. The Morgan fingerprint density at radius 2 is 1.84 bits per heavy atom. The van der Waals surface area contributed by atoms with E-state index < -0.39 is 0 Å². The Kier molecular flexibility index (Phi) is 4.43. The molecule has 2 rings (SSSR count). The second-order valence-electron chi connectivity index (χ2n) is 4.87. The van der Waals surface area contributed by atoms with Crippen LogP contribution in [0, 0.1) is 13.8 Å². The minimum atomic E-state index is 0.252. The maximum absolute atomic E-state index is 6.14. The molecule has 0 fully saturated rings. The summed E-state index contributed by atoms with van der Waals surface area (Å²) < 4.78 is 0. The summed E-state index contributed by atoms with van der Waals surface area (Å²) in [7, 11) is 0. The van der Waals surface area contributed by atoms with Crippen LogP contribution < -0.4 is 5.32 Å². The molecule has 1 aromatic heterocycles. The Hall–Kier alpha value is -1.54. The van der Waals surface area contributed by atoms with E-state index in [9.17, 15) is 0 Å². The van der Waals surface area contributed by atoms with Crippen molar-refractivity contribution in [2.75, 3.05) is 5.32 Å². The Bertz CT molecular complexity index is 549. The maximum atomic E-state index is 6.14. The molecule has 2 nitrogen and oxygen atoms in total. The van der Waals surface area contributed by atoms with Gasteiger partial charge >= 0.3 is 0 Å². The molecule has 1 N–H and O–H groups in total. The van der Waals surface area contributed by atoms with Crippen molar-refractivity contribution in [2.45, 2.75) is 33.2 Å². The van der Waals surface area contributed by atoms with E-state index in [4.69, 9.17) is 11.6 Å². The van der Waals surface area contributed by atoms with Crippen LogP contribution >= 0.6 is 11.6 Å². The predicted octanol–water partition coefficient (Wildman–Crippen LogP) is 4.92. The number of aromatic nitrogens is 1. The zero-order valence-electron chi connectivity index (χ0n) is 11.6. The molecule has 1 unspecified atom stereocenters. The van der Waals surface area contributed by atoms with Crippen molar-refractivity contribution >= 4 is 17.3 Å². The molecule has 100 valence electrons. The summed E-state index contributed by atoms with van der Waals surface area (Å²) in [5.74, 6) is 0. The molecule has 0 spiro atoms. The van der Waals surface area contributed by atoms with Crippen molar-refractivity contribution in [1.29, 1.82) is 0 Å². The monoisotopic (exact) mass is 274 g/mol. The van der Waals surface area contributed by atoms with Gasteiger partial charge in [-0.25, -0.2) is 4.98 Å². The third kappa shape index (κ3) is 3.48. The Balaban J connectivity index is 2.23. The van der Waals surface area contributed by atoms with E-state index in [0.717, 1.165) is 17.7 Å². The zero-order chi connectivity index (χ0) is 13.8. The first kappa shape index (κ1) is 13.9. The average molecular weight is 275 g/mol. The molecule has 1 aromatic carbocycles. The minimum Gasteiger partial charge on any atom is -0.376 e. The normalized spacial score (nSPS) is 12.2. The summed E-state index contributed by atoms with van der Waals surface area (Å²) in [5.41, 5.74) is 4.54. The molecular formula is C16H19ClN2. The topological polar surface area (TPSA) is 24.9 Å². The fraction of sp³-hybridized carbons (Fsp3) is 0.312. The predicted molar refractivity (Wildman–Crippen MR) is 81.8 cm³/mol. The number of pyridine rings is 1. The molecule has 0 aliphatic rings. The van der Waals surface area contributed by atoms with Crippen LogP contribution in [-0.2, 0) is 0 Å². The van der Waals surface area contributed by atoms with Crippen LogP contribution in [0.2, 0.25) is 5.15 Å². The quantitative estimate of drug-likeness (QED) is 0.801. The van der Waals surface area contributed by atoms with Gasteiger partial charge in [0.15, 0.2) is 5.15 Å². The van der Waals surface area contributed by atoms with Crippen LogP contribution in [0.1, 0.15) is 36.1 Å². The van der Waals surface area contributed by atoms with Gasteiger partial charge in [0, 0.05) is 6.20 Å². The highest BCUT2D eigenvalue weighted by molar-refractivity contribution is 6.31. The Morgan fingerprint density at radius 1 is 1.16 bits per heavy atom. The molecule has 0 radical (unpaired) electrons. The van der Waals surface area contributed by atoms with Gasteiger partial charge in [0.25, 0.3) is 0 Å². The summed E-state index contributed by atoms with van der Waals surface area (Å²) >= 11 is 6.14. The molecule has 2 aromatic rings. The van der Waals surface area contributed by atoms with E-state index in [2.05, 4.69) is 48.4 Å². The highest BCUT2D eigenvalue weighted by atomic mass is 35.5. The first-order valence-corrected chi connectivity index (χ1v) is 6.93. The number of hydrogen-bond acceptors (Lipinski definition) is 2. The summed E-state index contributed by atoms with van der Waals surface area (Å²) in [4.78, 5) is 4.18. The Labute approximate surface area is 119 Å². The van der Waals surface area contributed by atoms with Crippen molar-refractivity contribution < 1.29 is 0 Å². The third-order valence-electron chi connectivity index (χ3n) is 3.19. The van der Waals surface area contributed by atoms with Crippen LogP contribution in [0.15, 0.2) is 36.5 Å². The van der Waals surface area contributed by atoms with Crippen LogP contribution in [-0.4, -0.2) is 4.98 Å². The van der Waals surface area contributed by atoms with E-state index in [1.54, 1.807) is 6.20 Å². The number of benzene rings is 1. The van der Waals surface area contributed by atoms with Gasteiger partial charge in [-0.3, -0.25) is 0 Å². The van der Waals surface area contributed by atoms with Gasteiger partial charge in [0.05, 0.1) is 11.7 Å². The summed E-state index contributed by atoms with van der Waals surface area (Å²) in [5, 5.41) is 4.00. The van der Waals surface area contributed by atoms with Crippen molar-refractivity contribution in [3.8, 4) is 0 Å². The van der Waals surface area contributed by atoms with Crippen molar-refractivity contribution in [3.63, 3.8) is 0 Å². The number of hydrogen-bond donors (Lipinski definition) is 1. The maximum Gasteiger partial charge on any atom is 0.152 e. The van der Waals surface area contributed by atoms with Gasteiger partial charge in [-0.2, -0.15) is 0 Å². The molecule has 3 heteroatoms. The van der Waals surface area contributed by atoms with Crippen molar-refractivity contribution in [3.05, 3.63) is 58.4 Å². The lowest BCUT2D eigenvalue weighted by molar-refractivity contribution is 0.748. The van der Waals surface area contributed by atoms with Gasteiger partial charge in [0.1, 0.15) is 0 Å². The van der Waals surface area contributed by atoms with E-state index in [1.807, 2.05) is 13.0 Å². The van der Waals surface area contributed by atoms with Crippen LogP contribution in [0.4, 0.5) is 5.69 Å². The number of nitrogens with zero attached hydrogens (tertiary/aromatic N) is 1. The molecule has 0 saturated carbocycles. The largest absolute Gasteiger partial charge is 0.376 e.